The molecule has 102 valence electrons. The molecule has 0 spiro atoms. The largest absolute Gasteiger partial charge is 0.316 e. The van der Waals surface area contributed by atoms with Crippen molar-refractivity contribution in [2.75, 3.05) is 25.4 Å². The highest BCUT2D eigenvalue weighted by Gasteiger charge is 2.29. The molecule has 0 bridgehead atoms. The van der Waals surface area contributed by atoms with Gasteiger partial charge in [-0.2, -0.15) is 0 Å². The summed E-state index contributed by atoms with van der Waals surface area (Å²) in [4.78, 5) is 0. The van der Waals surface area contributed by atoms with Gasteiger partial charge in [-0.25, -0.2) is 13.1 Å². The Bertz CT molecular complexity index is 308. The lowest BCUT2D eigenvalue weighted by Crippen LogP contribution is -2.37. The lowest BCUT2D eigenvalue weighted by atomic mass is 9.89. The van der Waals surface area contributed by atoms with Crippen LogP contribution in [-0.2, 0) is 10.0 Å². The first-order valence-electron chi connectivity index (χ1n) is 6.65. The summed E-state index contributed by atoms with van der Waals surface area (Å²) < 4.78 is 26.2. The van der Waals surface area contributed by atoms with Gasteiger partial charge in [0.1, 0.15) is 0 Å². The van der Waals surface area contributed by atoms with Gasteiger partial charge >= 0.3 is 0 Å². The molecule has 0 radical (unpaired) electrons. The highest BCUT2D eigenvalue weighted by molar-refractivity contribution is 7.89. The van der Waals surface area contributed by atoms with E-state index < -0.39 is 10.0 Å². The molecule has 0 saturated heterocycles. The van der Waals surface area contributed by atoms with Crippen molar-refractivity contribution in [2.45, 2.75) is 46.0 Å². The second-order valence-corrected chi connectivity index (χ2v) is 7.33. The number of nitrogens with one attached hydrogen (secondary N) is 2. The lowest BCUT2D eigenvalue weighted by Gasteiger charge is -2.23. The van der Waals surface area contributed by atoms with Gasteiger partial charge in [0.15, 0.2) is 0 Å². The fourth-order valence-corrected chi connectivity index (χ4v) is 3.40. The van der Waals surface area contributed by atoms with Gasteiger partial charge in [-0.1, -0.05) is 26.7 Å². The smallest absolute Gasteiger partial charge is 0.212 e. The van der Waals surface area contributed by atoms with Crippen LogP contribution >= 0.6 is 0 Å². The minimum absolute atomic E-state index is 0.184. The third-order valence-electron chi connectivity index (χ3n) is 3.50. The Balaban J connectivity index is 2.24. The van der Waals surface area contributed by atoms with E-state index in [-0.39, 0.29) is 11.2 Å². The van der Waals surface area contributed by atoms with Crippen LogP contribution in [0.5, 0.6) is 0 Å². The fraction of sp³-hybridized carbons (Fsp3) is 1.00. The van der Waals surface area contributed by atoms with Crippen molar-refractivity contribution < 1.29 is 8.42 Å². The zero-order chi connectivity index (χ0) is 12.8. The van der Waals surface area contributed by atoms with Crippen molar-refractivity contribution in [1.82, 2.24) is 10.0 Å². The third-order valence-corrected chi connectivity index (χ3v) is 4.83. The fourth-order valence-electron chi connectivity index (χ4n) is 2.27. The molecule has 0 aromatic carbocycles. The van der Waals surface area contributed by atoms with Crippen molar-refractivity contribution in [1.29, 1.82) is 0 Å². The van der Waals surface area contributed by atoms with Crippen LogP contribution in [0.2, 0.25) is 0 Å². The molecule has 1 aliphatic carbocycles. The molecule has 0 atom stereocenters. The van der Waals surface area contributed by atoms with Gasteiger partial charge in [0, 0.05) is 13.1 Å². The Hall–Kier alpha value is -0.130. The average Bonchev–Trinajstić information content (AvgIpc) is 2.70. The summed E-state index contributed by atoms with van der Waals surface area (Å²) in [6.07, 6.45) is 5.78. The minimum atomic E-state index is -3.10. The maximum absolute atomic E-state index is 11.7. The Morgan fingerprint density at radius 2 is 1.82 bits per heavy atom. The van der Waals surface area contributed by atoms with Crippen LogP contribution in [0.4, 0.5) is 0 Å². The van der Waals surface area contributed by atoms with Gasteiger partial charge in [-0.05, 0) is 31.2 Å². The number of sulfonamides is 1. The first kappa shape index (κ1) is 14.9. The molecule has 1 fully saturated rings. The standard InChI is InChI=1S/C12H26N2O2S/c1-3-8-13-9-10-17(15,16)14-11-12(2)6-4-5-7-12/h13-14H,3-11H2,1-2H3. The van der Waals surface area contributed by atoms with E-state index in [1.54, 1.807) is 0 Å². The van der Waals surface area contributed by atoms with Crippen LogP contribution in [-0.4, -0.2) is 33.8 Å². The van der Waals surface area contributed by atoms with Crippen molar-refractivity contribution >= 4 is 10.0 Å². The van der Waals surface area contributed by atoms with Gasteiger partial charge in [0.25, 0.3) is 0 Å². The van der Waals surface area contributed by atoms with Crippen LogP contribution in [0.25, 0.3) is 0 Å². The van der Waals surface area contributed by atoms with E-state index in [0.29, 0.717) is 13.1 Å². The molecule has 5 heteroatoms. The Morgan fingerprint density at radius 3 is 2.41 bits per heavy atom. The van der Waals surface area contributed by atoms with Gasteiger partial charge in [0.05, 0.1) is 5.75 Å². The van der Waals surface area contributed by atoms with Crippen LogP contribution < -0.4 is 10.0 Å². The molecule has 1 saturated carbocycles. The molecule has 17 heavy (non-hydrogen) atoms. The Labute approximate surface area is 106 Å². The van der Waals surface area contributed by atoms with Gasteiger partial charge in [-0.3, -0.25) is 0 Å². The summed E-state index contributed by atoms with van der Waals surface area (Å²) in [7, 11) is -3.10. The minimum Gasteiger partial charge on any atom is -0.316 e. The van der Waals surface area contributed by atoms with Crippen molar-refractivity contribution in [2.24, 2.45) is 5.41 Å². The van der Waals surface area contributed by atoms with E-state index in [2.05, 4.69) is 23.9 Å². The molecule has 1 aliphatic rings. The first-order valence-corrected chi connectivity index (χ1v) is 8.31. The topological polar surface area (TPSA) is 58.2 Å². The van der Waals surface area contributed by atoms with Gasteiger partial charge < -0.3 is 5.32 Å². The summed E-state index contributed by atoms with van der Waals surface area (Å²) >= 11 is 0. The second-order valence-electron chi connectivity index (χ2n) is 5.41. The second kappa shape index (κ2) is 6.71. The highest BCUT2D eigenvalue weighted by Crippen LogP contribution is 2.36. The molecular weight excluding hydrogens is 236 g/mol. The lowest BCUT2D eigenvalue weighted by molar-refractivity contribution is 0.336. The van der Waals surface area contributed by atoms with Crippen molar-refractivity contribution in [3.63, 3.8) is 0 Å². The molecule has 0 aliphatic heterocycles. The molecule has 4 nitrogen and oxygen atoms in total. The number of hydrogen-bond acceptors (Lipinski definition) is 3. The Morgan fingerprint density at radius 1 is 1.18 bits per heavy atom. The van der Waals surface area contributed by atoms with Crippen LogP contribution in [0.3, 0.4) is 0 Å². The van der Waals surface area contributed by atoms with E-state index in [1.807, 2.05) is 0 Å². The molecule has 0 unspecified atom stereocenters. The SMILES string of the molecule is CCCNCCS(=O)(=O)NCC1(C)CCCC1. The predicted molar refractivity (Wildman–Crippen MR) is 71.5 cm³/mol. The van der Waals surface area contributed by atoms with E-state index in [4.69, 9.17) is 0 Å². The monoisotopic (exact) mass is 262 g/mol. The van der Waals surface area contributed by atoms with Crippen LogP contribution in [0, 0.1) is 5.41 Å². The summed E-state index contributed by atoms with van der Waals surface area (Å²) in [6, 6.07) is 0. The van der Waals surface area contributed by atoms with Gasteiger partial charge in [0.2, 0.25) is 10.0 Å². The van der Waals surface area contributed by atoms with Crippen LogP contribution in [0.15, 0.2) is 0 Å². The first-order chi connectivity index (χ1) is 7.97. The summed E-state index contributed by atoms with van der Waals surface area (Å²) in [5.41, 5.74) is 0.184. The van der Waals surface area contributed by atoms with Crippen molar-refractivity contribution in [3.8, 4) is 0 Å². The van der Waals surface area contributed by atoms with Crippen LogP contribution in [0.1, 0.15) is 46.0 Å². The van der Waals surface area contributed by atoms with E-state index in [1.165, 1.54) is 12.8 Å². The number of hydrogen-bond donors (Lipinski definition) is 2. The molecule has 0 aromatic rings. The van der Waals surface area contributed by atoms with E-state index in [9.17, 15) is 8.42 Å². The maximum atomic E-state index is 11.7. The summed E-state index contributed by atoms with van der Waals surface area (Å²) in [5.74, 6) is 0.184. The molecular formula is C12H26N2O2S. The highest BCUT2D eigenvalue weighted by atomic mass is 32.2. The summed E-state index contributed by atoms with van der Waals surface area (Å²) in [5, 5.41) is 3.11. The van der Waals surface area contributed by atoms with E-state index >= 15 is 0 Å². The Kier molecular flexibility index (Phi) is 5.89. The average molecular weight is 262 g/mol. The summed E-state index contributed by atoms with van der Waals surface area (Å²) in [6.45, 7) is 6.27. The number of rotatable bonds is 8. The van der Waals surface area contributed by atoms with Crippen molar-refractivity contribution in [3.05, 3.63) is 0 Å². The quantitative estimate of drug-likeness (QED) is 0.652. The zero-order valence-electron chi connectivity index (χ0n) is 11.1. The molecule has 0 amide bonds. The molecule has 0 heterocycles. The van der Waals surface area contributed by atoms with E-state index in [0.717, 1.165) is 25.8 Å². The molecule has 0 aromatic heterocycles. The normalized spacial score (nSPS) is 19.6. The predicted octanol–water partition coefficient (Wildman–Crippen LogP) is 1.49. The molecule has 1 rings (SSSR count). The van der Waals surface area contributed by atoms with Gasteiger partial charge in [-0.15, -0.1) is 0 Å². The maximum Gasteiger partial charge on any atom is 0.212 e. The molecule has 2 N–H and O–H groups in total. The zero-order valence-corrected chi connectivity index (χ0v) is 11.9. The third kappa shape index (κ3) is 5.84.